The molecule has 1 aromatic rings. The van der Waals surface area contributed by atoms with Crippen molar-refractivity contribution >= 4 is 17.4 Å². The molecule has 0 spiro atoms. The first-order chi connectivity index (χ1) is 5.83. The number of aromatic nitrogens is 1. The van der Waals surface area contributed by atoms with Crippen molar-refractivity contribution in [2.75, 3.05) is 18.0 Å². The van der Waals surface area contributed by atoms with Gasteiger partial charge in [0.15, 0.2) is 0 Å². The highest BCUT2D eigenvalue weighted by atomic mass is 32.2. The molecule has 0 saturated carbocycles. The highest BCUT2D eigenvalue weighted by molar-refractivity contribution is 7.98. The molecule has 0 amide bonds. The van der Waals surface area contributed by atoms with Crippen LogP contribution in [0.25, 0.3) is 0 Å². The Balaban J connectivity index is 2.37. The molecule has 0 radical (unpaired) electrons. The Labute approximate surface area is 76.5 Å². The summed E-state index contributed by atoms with van der Waals surface area (Å²) >= 11 is 1.78. The number of hydrogen-bond donors (Lipinski definition) is 2. The number of nitrogens with two attached hydrogens (primary N) is 2. The molecule has 0 aliphatic carbocycles. The fraction of sp³-hybridized carbons (Fsp3) is 0.375. The molecule has 0 bridgehead atoms. The van der Waals surface area contributed by atoms with E-state index in [0.29, 0.717) is 5.69 Å². The van der Waals surface area contributed by atoms with Crippen LogP contribution in [0.15, 0.2) is 18.3 Å². The van der Waals surface area contributed by atoms with E-state index >= 15 is 0 Å². The van der Waals surface area contributed by atoms with E-state index in [1.807, 2.05) is 12.1 Å². The standard InChI is InChI=1S/C8H13N3S/c9-3-4-12-6-8-2-1-7(10)5-11-8/h1-2,5H,3-4,6,9-10H2. The lowest BCUT2D eigenvalue weighted by Gasteiger charge is -1.99. The van der Waals surface area contributed by atoms with Gasteiger partial charge in [0.2, 0.25) is 0 Å². The SMILES string of the molecule is NCCSCc1ccc(N)cn1. The molecule has 66 valence electrons. The third-order valence-corrected chi connectivity index (χ3v) is 2.38. The van der Waals surface area contributed by atoms with Crippen molar-refractivity contribution in [3.05, 3.63) is 24.0 Å². The van der Waals surface area contributed by atoms with Crippen LogP contribution >= 0.6 is 11.8 Å². The smallest absolute Gasteiger partial charge is 0.0504 e. The molecule has 1 aromatic heterocycles. The molecule has 0 aliphatic heterocycles. The fourth-order valence-corrected chi connectivity index (χ4v) is 1.47. The number of nitrogens with zero attached hydrogens (tertiary/aromatic N) is 1. The van der Waals surface area contributed by atoms with Gasteiger partial charge in [-0.15, -0.1) is 0 Å². The Morgan fingerprint density at radius 3 is 2.83 bits per heavy atom. The van der Waals surface area contributed by atoms with Gasteiger partial charge in [-0.1, -0.05) is 0 Å². The summed E-state index contributed by atoms with van der Waals surface area (Å²) in [6.07, 6.45) is 1.68. The number of thioether (sulfide) groups is 1. The highest BCUT2D eigenvalue weighted by Gasteiger charge is 1.93. The van der Waals surface area contributed by atoms with E-state index < -0.39 is 0 Å². The molecule has 1 heterocycles. The van der Waals surface area contributed by atoms with Gasteiger partial charge in [-0.05, 0) is 12.1 Å². The molecule has 1 rings (SSSR count). The summed E-state index contributed by atoms with van der Waals surface area (Å²) in [6, 6.07) is 3.81. The average molecular weight is 183 g/mol. The molecule has 4 N–H and O–H groups in total. The minimum Gasteiger partial charge on any atom is -0.397 e. The quantitative estimate of drug-likeness (QED) is 0.679. The van der Waals surface area contributed by atoms with Crippen molar-refractivity contribution < 1.29 is 0 Å². The maximum absolute atomic E-state index is 5.49. The predicted octanol–water partition coefficient (Wildman–Crippen LogP) is 0.856. The second kappa shape index (κ2) is 5.00. The van der Waals surface area contributed by atoms with Crippen molar-refractivity contribution in [3.63, 3.8) is 0 Å². The van der Waals surface area contributed by atoms with E-state index in [9.17, 15) is 0 Å². The molecule has 0 unspecified atom stereocenters. The van der Waals surface area contributed by atoms with Crippen LogP contribution < -0.4 is 11.5 Å². The van der Waals surface area contributed by atoms with Crippen molar-refractivity contribution in [1.29, 1.82) is 0 Å². The second-order valence-corrected chi connectivity index (χ2v) is 3.53. The molecule has 0 atom stereocenters. The van der Waals surface area contributed by atoms with Crippen LogP contribution in [0.5, 0.6) is 0 Å². The summed E-state index contributed by atoms with van der Waals surface area (Å²) in [5.74, 6) is 1.89. The number of hydrogen-bond acceptors (Lipinski definition) is 4. The van der Waals surface area contributed by atoms with Crippen LogP contribution in [0.1, 0.15) is 5.69 Å². The van der Waals surface area contributed by atoms with Crippen LogP contribution in [0.3, 0.4) is 0 Å². The Morgan fingerprint density at radius 1 is 1.42 bits per heavy atom. The zero-order valence-electron chi connectivity index (χ0n) is 6.86. The van der Waals surface area contributed by atoms with Gasteiger partial charge in [-0.2, -0.15) is 11.8 Å². The third kappa shape index (κ3) is 3.11. The van der Waals surface area contributed by atoms with E-state index in [1.165, 1.54) is 0 Å². The normalized spacial score (nSPS) is 10.1. The molecule has 4 heteroatoms. The predicted molar refractivity (Wildman–Crippen MR) is 53.9 cm³/mol. The number of rotatable bonds is 4. The Bertz CT molecular complexity index is 222. The topological polar surface area (TPSA) is 64.9 Å². The molecule has 3 nitrogen and oxygen atoms in total. The summed E-state index contributed by atoms with van der Waals surface area (Å²) in [7, 11) is 0. The lowest BCUT2D eigenvalue weighted by atomic mass is 10.3. The first-order valence-electron chi connectivity index (χ1n) is 3.81. The van der Waals surface area contributed by atoms with Crippen molar-refractivity contribution in [2.24, 2.45) is 5.73 Å². The van der Waals surface area contributed by atoms with E-state index in [2.05, 4.69) is 4.98 Å². The lowest BCUT2D eigenvalue weighted by Crippen LogP contribution is -2.01. The Hall–Kier alpha value is -0.740. The molecule has 0 fully saturated rings. The van der Waals surface area contributed by atoms with E-state index in [-0.39, 0.29) is 0 Å². The van der Waals surface area contributed by atoms with Crippen LogP contribution in [0.2, 0.25) is 0 Å². The monoisotopic (exact) mass is 183 g/mol. The number of pyridine rings is 1. The average Bonchev–Trinajstić information content (AvgIpc) is 2.09. The molecule has 0 saturated heterocycles. The van der Waals surface area contributed by atoms with E-state index in [0.717, 1.165) is 23.7 Å². The van der Waals surface area contributed by atoms with Gasteiger partial charge in [0.1, 0.15) is 0 Å². The molecular weight excluding hydrogens is 170 g/mol. The van der Waals surface area contributed by atoms with Gasteiger partial charge >= 0.3 is 0 Å². The van der Waals surface area contributed by atoms with E-state index in [4.69, 9.17) is 11.5 Å². The maximum atomic E-state index is 5.49. The third-order valence-electron chi connectivity index (χ3n) is 1.36. The molecular formula is C8H13N3S. The van der Waals surface area contributed by atoms with Gasteiger partial charge < -0.3 is 11.5 Å². The summed E-state index contributed by atoms with van der Waals surface area (Å²) in [5, 5.41) is 0. The molecule has 0 aromatic carbocycles. The van der Waals surface area contributed by atoms with E-state index in [1.54, 1.807) is 18.0 Å². The maximum Gasteiger partial charge on any atom is 0.0504 e. The summed E-state index contributed by atoms with van der Waals surface area (Å²) < 4.78 is 0. The van der Waals surface area contributed by atoms with Crippen molar-refractivity contribution in [1.82, 2.24) is 4.98 Å². The van der Waals surface area contributed by atoms with Gasteiger partial charge in [-0.3, -0.25) is 4.98 Å². The summed E-state index contributed by atoms with van der Waals surface area (Å²) in [5.41, 5.74) is 12.6. The van der Waals surface area contributed by atoms with Crippen LogP contribution in [0.4, 0.5) is 5.69 Å². The number of anilines is 1. The highest BCUT2D eigenvalue weighted by Crippen LogP contribution is 2.09. The molecule has 12 heavy (non-hydrogen) atoms. The van der Waals surface area contributed by atoms with Crippen LogP contribution in [-0.2, 0) is 5.75 Å². The first-order valence-corrected chi connectivity index (χ1v) is 4.96. The Morgan fingerprint density at radius 2 is 2.25 bits per heavy atom. The largest absolute Gasteiger partial charge is 0.397 e. The zero-order chi connectivity index (χ0) is 8.81. The minimum absolute atomic E-state index is 0.711. The Kier molecular flexibility index (Phi) is 3.90. The van der Waals surface area contributed by atoms with Gasteiger partial charge in [0.05, 0.1) is 17.6 Å². The lowest BCUT2D eigenvalue weighted by molar-refractivity contribution is 1.13. The first kappa shape index (κ1) is 9.35. The summed E-state index contributed by atoms with van der Waals surface area (Å²) in [4.78, 5) is 4.16. The minimum atomic E-state index is 0.711. The van der Waals surface area contributed by atoms with Gasteiger partial charge in [-0.25, -0.2) is 0 Å². The van der Waals surface area contributed by atoms with Crippen LogP contribution in [-0.4, -0.2) is 17.3 Å². The summed E-state index contributed by atoms with van der Waals surface area (Å²) in [6.45, 7) is 0.722. The number of nitrogen functional groups attached to an aromatic ring is 1. The van der Waals surface area contributed by atoms with Crippen molar-refractivity contribution in [2.45, 2.75) is 5.75 Å². The van der Waals surface area contributed by atoms with Gasteiger partial charge in [0, 0.05) is 18.1 Å². The second-order valence-electron chi connectivity index (χ2n) is 2.42. The fourth-order valence-electron chi connectivity index (χ4n) is 0.781. The van der Waals surface area contributed by atoms with Crippen molar-refractivity contribution in [3.8, 4) is 0 Å². The van der Waals surface area contributed by atoms with Crippen LogP contribution in [0, 0.1) is 0 Å². The molecule has 0 aliphatic rings. The zero-order valence-corrected chi connectivity index (χ0v) is 7.68. The van der Waals surface area contributed by atoms with Gasteiger partial charge in [0.25, 0.3) is 0 Å².